The Morgan fingerprint density at radius 3 is 2.89 bits per heavy atom. The third-order valence-corrected chi connectivity index (χ3v) is 3.73. The SMILES string of the molecule is CCCNC(CCc1cccc(F)c1Br)COC. The van der Waals surface area contributed by atoms with Crippen LogP contribution in [0.5, 0.6) is 0 Å². The Kier molecular flexibility index (Phi) is 7.47. The summed E-state index contributed by atoms with van der Waals surface area (Å²) in [7, 11) is 1.71. The van der Waals surface area contributed by atoms with E-state index in [2.05, 4.69) is 28.2 Å². The molecule has 4 heteroatoms. The summed E-state index contributed by atoms with van der Waals surface area (Å²) in [5, 5.41) is 3.44. The molecule has 1 rings (SSSR count). The molecular formula is C14H21BrFNO. The van der Waals surface area contributed by atoms with Crippen LogP contribution in [0.25, 0.3) is 0 Å². The molecule has 18 heavy (non-hydrogen) atoms. The fourth-order valence-corrected chi connectivity index (χ4v) is 2.33. The first-order chi connectivity index (χ1) is 8.69. The lowest BCUT2D eigenvalue weighted by Gasteiger charge is -2.18. The van der Waals surface area contributed by atoms with Crippen molar-refractivity contribution in [2.75, 3.05) is 20.3 Å². The second-order valence-electron chi connectivity index (χ2n) is 4.36. The minimum Gasteiger partial charge on any atom is -0.383 e. The van der Waals surface area contributed by atoms with Crippen LogP contribution in [-0.4, -0.2) is 26.3 Å². The highest BCUT2D eigenvalue weighted by Crippen LogP contribution is 2.22. The summed E-state index contributed by atoms with van der Waals surface area (Å²) in [4.78, 5) is 0. The molecule has 1 atom stereocenters. The van der Waals surface area contributed by atoms with Crippen molar-refractivity contribution in [1.82, 2.24) is 5.32 Å². The molecule has 0 fully saturated rings. The summed E-state index contributed by atoms with van der Waals surface area (Å²) in [5.41, 5.74) is 1.01. The first-order valence-corrected chi connectivity index (χ1v) is 7.13. The number of hydrogen-bond acceptors (Lipinski definition) is 2. The van der Waals surface area contributed by atoms with E-state index >= 15 is 0 Å². The van der Waals surface area contributed by atoms with Gasteiger partial charge in [0.15, 0.2) is 0 Å². The second-order valence-corrected chi connectivity index (χ2v) is 5.15. The molecular weight excluding hydrogens is 297 g/mol. The zero-order chi connectivity index (χ0) is 13.4. The average Bonchev–Trinajstić information content (AvgIpc) is 2.37. The number of nitrogens with one attached hydrogen (secondary N) is 1. The van der Waals surface area contributed by atoms with Gasteiger partial charge in [-0.15, -0.1) is 0 Å². The van der Waals surface area contributed by atoms with Crippen molar-refractivity contribution in [2.24, 2.45) is 0 Å². The lowest BCUT2D eigenvalue weighted by molar-refractivity contribution is 0.162. The van der Waals surface area contributed by atoms with Crippen molar-refractivity contribution in [3.8, 4) is 0 Å². The Morgan fingerprint density at radius 2 is 2.22 bits per heavy atom. The van der Waals surface area contributed by atoms with Crippen LogP contribution in [0, 0.1) is 5.82 Å². The number of ether oxygens (including phenoxy) is 1. The summed E-state index contributed by atoms with van der Waals surface area (Å²) < 4.78 is 19.1. The van der Waals surface area contributed by atoms with Gasteiger partial charge in [-0.1, -0.05) is 19.1 Å². The largest absolute Gasteiger partial charge is 0.383 e. The summed E-state index contributed by atoms with van der Waals surface area (Å²) in [6, 6.07) is 5.50. The Morgan fingerprint density at radius 1 is 1.44 bits per heavy atom. The Labute approximate surface area is 117 Å². The van der Waals surface area contributed by atoms with Gasteiger partial charge in [0.2, 0.25) is 0 Å². The van der Waals surface area contributed by atoms with Crippen molar-refractivity contribution in [3.05, 3.63) is 34.1 Å². The molecule has 0 bridgehead atoms. The van der Waals surface area contributed by atoms with Crippen LogP contribution >= 0.6 is 15.9 Å². The molecule has 0 spiro atoms. The molecule has 0 amide bonds. The van der Waals surface area contributed by atoms with Crippen molar-refractivity contribution < 1.29 is 9.13 Å². The van der Waals surface area contributed by atoms with Gasteiger partial charge >= 0.3 is 0 Å². The Hall–Kier alpha value is -0.450. The number of hydrogen-bond donors (Lipinski definition) is 1. The lowest BCUT2D eigenvalue weighted by Crippen LogP contribution is -2.34. The Balaban J connectivity index is 2.52. The summed E-state index contributed by atoms with van der Waals surface area (Å²) in [6.45, 7) is 3.81. The molecule has 1 unspecified atom stereocenters. The number of aryl methyl sites for hydroxylation is 1. The van der Waals surface area contributed by atoms with Gasteiger partial charge in [0.25, 0.3) is 0 Å². The average molecular weight is 318 g/mol. The van der Waals surface area contributed by atoms with E-state index in [1.807, 2.05) is 6.07 Å². The van der Waals surface area contributed by atoms with Crippen molar-refractivity contribution in [3.63, 3.8) is 0 Å². The van der Waals surface area contributed by atoms with Crippen LogP contribution in [0.15, 0.2) is 22.7 Å². The van der Waals surface area contributed by atoms with E-state index in [9.17, 15) is 4.39 Å². The molecule has 102 valence electrons. The van der Waals surface area contributed by atoms with E-state index < -0.39 is 0 Å². The maximum Gasteiger partial charge on any atom is 0.137 e. The van der Waals surface area contributed by atoms with Crippen LogP contribution in [0.1, 0.15) is 25.3 Å². The topological polar surface area (TPSA) is 21.3 Å². The normalized spacial score (nSPS) is 12.7. The van der Waals surface area contributed by atoms with Crippen LogP contribution in [0.3, 0.4) is 0 Å². The quantitative estimate of drug-likeness (QED) is 0.792. The standard InChI is InChI=1S/C14H21BrFNO/c1-3-9-17-12(10-18-2)8-7-11-5-4-6-13(16)14(11)15/h4-6,12,17H,3,7-10H2,1-2H3. The van der Waals surface area contributed by atoms with Gasteiger partial charge in [0.1, 0.15) is 5.82 Å². The molecule has 0 heterocycles. The van der Waals surface area contributed by atoms with Crippen LogP contribution in [0.2, 0.25) is 0 Å². The van der Waals surface area contributed by atoms with E-state index in [0.717, 1.165) is 31.4 Å². The smallest absolute Gasteiger partial charge is 0.137 e. The summed E-state index contributed by atoms with van der Waals surface area (Å²) >= 11 is 3.30. The Bertz CT molecular complexity index is 360. The molecule has 0 aliphatic heterocycles. The minimum atomic E-state index is -0.197. The monoisotopic (exact) mass is 317 g/mol. The van der Waals surface area contributed by atoms with Gasteiger partial charge in [-0.25, -0.2) is 4.39 Å². The molecule has 2 nitrogen and oxygen atoms in total. The van der Waals surface area contributed by atoms with Crippen molar-refractivity contribution in [2.45, 2.75) is 32.2 Å². The van der Waals surface area contributed by atoms with Gasteiger partial charge in [-0.05, 0) is 53.4 Å². The molecule has 0 aliphatic rings. The van der Waals surface area contributed by atoms with E-state index in [1.54, 1.807) is 13.2 Å². The number of benzene rings is 1. The second kappa shape index (κ2) is 8.62. The number of methoxy groups -OCH3 is 1. The number of rotatable bonds is 8. The van der Waals surface area contributed by atoms with E-state index in [0.29, 0.717) is 17.1 Å². The third kappa shape index (κ3) is 5.04. The molecule has 0 saturated carbocycles. The van der Waals surface area contributed by atoms with Gasteiger partial charge < -0.3 is 10.1 Å². The third-order valence-electron chi connectivity index (χ3n) is 2.84. The highest BCUT2D eigenvalue weighted by molar-refractivity contribution is 9.10. The van der Waals surface area contributed by atoms with Gasteiger partial charge in [0.05, 0.1) is 11.1 Å². The highest BCUT2D eigenvalue weighted by Gasteiger charge is 2.10. The predicted octanol–water partition coefficient (Wildman–Crippen LogP) is 3.54. The zero-order valence-corrected chi connectivity index (χ0v) is 12.6. The van der Waals surface area contributed by atoms with Crippen molar-refractivity contribution >= 4 is 15.9 Å². The maximum atomic E-state index is 13.4. The first kappa shape index (κ1) is 15.6. The molecule has 0 aliphatic carbocycles. The van der Waals surface area contributed by atoms with Crippen LogP contribution in [-0.2, 0) is 11.2 Å². The van der Waals surface area contributed by atoms with E-state index in [-0.39, 0.29) is 5.82 Å². The summed E-state index contributed by atoms with van der Waals surface area (Å²) in [6.07, 6.45) is 2.88. The highest BCUT2D eigenvalue weighted by atomic mass is 79.9. The van der Waals surface area contributed by atoms with E-state index in [4.69, 9.17) is 4.74 Å². The van der Waals surface area contributed by atoms with Gasteiger partial charge in [0, 0.05) is 13.2 Å². The predicted molar refractivity (Wildman–Crippen MR) is 76.4 cm³/mol. The first-order valence-electron chi connectivity index (χ1n) is 6.34. The summed E-state index contributed by atoms with van der Waals surface area (Å²) in [5.74, 6) is -0.197. The molecule has 1 aromatic carbocycles. The van der Waals surface area contributed by atoms with Crippen molar-refractivity contribution in [1.29, 1.82) is 0 Å². The molecule has 1 N–H and O–H groups in total. The van der Waals surface area contributed by atoms with Crippen LogP contribution < -0.4 is 5.32 Å². The molecule has 1 aromatic rings. The number of halogens is 2. The zero-order valence-electron chi connectivity index (χ0n) is 11.0. The van der Waals surface area contributed by atoms with Gasteiger partial charge in [-0.2, -0.15) is 0 Å². The molecule has 0 radical (unpaired) electrons. The van der Waals surface area contributed by atoms with E-state index in [1.165, 1.54) is 6.07 Å². The minimum absolute atomic E-state index is 0.197. The van der Waals surface area contributed by atoms with Gasteiger partial charge in [-0.3, -0.25) is 0 Å². The molecule has 0 saturated heterocycles. The fourth-order valence-electron chi connectivity index (χ4n) is 1.87. The molecule has 0 aromatic heterocycles. The lowest BCUT2D eigenvalue weighted by atomic mass is 10.1. The van der Waals surface area contributed by atoms with Crippen LogP contribution in [0.4, 0.5) is 4.39 Å². The fraction of sp³-hybridized carbons (Fsp3) is 0.571. The maximum absolute atomic E-state index is 13.4.